The average Bonchev–Trinajstić information content (AvgIpc) is 2.28. The molecule has 0 aliphatic carbocycles. The molecule has 3 heteroatoms. The Hall–Kier alpha value is -0.540. The molecule has 0 bridgehead atoms. The third-order valence-corrected chi connectivity index (χ3v) is 4.23. The largest absolute Gasteiger partial charge is 0.323 e. The Bertz CT molecular complexity index is 341. The lowest BCUT2D eigenvalue weighted by Gasteiger charge is -2.16. The van der Waals surface area contributed by atoms with Gasteiger partial charge in [-0.25, -0.2) is 4.39 Å². The summed E-state index contributed by atoms with van der Waals surface area (Å²) in [5.74, 6) is 0.642. The van der Waals surface area contributed by atoms with Gasteiger partial charge in [-0.05, 0) is 36.6 Å². The molecule has 2 atom stereocenters. The molecule has 0 aromatic heterocycles. The van der Waals surface area contributed by atoms with E-state index in [0.717, 1.165) is 23.3 Å². The molecule has 16 heavy (non-hydrogen) atoms. The van der Waals surface area contributed by atoms with Crippen LogP contribution in [0.2, 0.25) is 0 Å². The third kappa shape index (κ3) is 3.80. The monoisotopic (exact) mass is 241 g/mol. The fourth-order valence-corrected chi connectivity index (χ4v) is 2.44. The Morgan fingerprint density at radius 2 is 2.12 bits per heavy atom. The Labute approximate surface area is 102 Å². The summed E-state index contributed by atoms with van der Waals surface area (Å²) in [6.45, 7) is 6.33. The lowest BCUT2D eigenvalue weighted by atomic mass is 10.0. The number of hydrogen-bond donors (Lipinski definition) is 1. The summed E-state index contributed by atoms with van der Waals surface area (Å²) in [6, 6.07) is 4.75. The Morgan fingerprint density at radius 1 is 1.44 bits per heavy atom. The van der Waals surface area contributed by atoms with E-state index in [1.54, 1.807) is 12.1 Å². The van der Waals surface area contributed by atoms with E-state index in [2.05, 4.69) is 13.8 Å². The zero-order valence-electron chi connectivity index (χ0n) is 10.2. The van der Waals surface area contributed by atoms with Crippen LogP contribution in [0.5, 0.6) is 0 Å². The smallest absolute Gasteiger partial charge is 0.123 e. The quantitative estimate of drug-likeness (QED) is 0.851. The van der Waals surface area contributed by atoms with E-state index in [4.69, 9.17) is 5.73 Å². The number of nitrogens with two attached hydrogens (primary N) is 1. The fraction of sp³-hybridized carbons (Fsp3) is 0.538. The van der Waals surface area contributed by atoms with Crippen LogP contribution < -0.4 is 5.73 Å². The van der Waals surface area contributed by atoms with E-state index in [-0.39, 0.29) is 11.9 Å². The van der Waals surface area contributed by atoms with Gasteiger partial charge in [0, 0.05) is 17.0 Å². The van der Waals surface area contributed by atoms with Crippen molar-refractivity contribution in [3.05, 3.63) is 35.1 Å². The molecule has 1 rings (SSSR count). The number of thioether (sulfide) groups is 1. The van der Waals surface area contributed by atoms with Crippen molar-refractivity contribution in [1.82, 2.24) is 0 Å². The van der Waals surface area contributed by atoms with E-state index in [1.165, 1.54) is 6.07 Å². The molecule has 0 spiro atoms. The zero-order chi connectivity index (χ0) is 12.1. The van der Waals surface area contributed by atoms with Gasteiger partial charge in [-0.3, -0.25) is 0 Å². The molecule has 0 aliphatic rings. The molecule has 0 radical (unpaired) electrons. The average molecular weight is 241 g/mol. The van der Waals surface area contributed by atoms with Crippen LogP contribution in [0.4, 0.5) is 4.39 Å². The van der Waals surface area contributed by atoms with Gasteiger partial charge in [0.25, 0.3) is 0 Å². The van der Waals surface area contributed by atoms with Crippen molar-refractivity contribution < 1.29 is 4.39 Å². The first-order chi connectivity index (χ1) is 7.54. The van der Waals surface area contributed by atoms with Crippen LogP contribution in [0.25, 0.3) is 0 Å². The number of benzene rings is 1. The lowest BCUT2D eigenvalue weighted by molar-refractivity contribution is 0.621. The summed E-state index contributed by atoms with van der Waals surface area (Å²) in [4.78, 5) is 0. The van der Waals surface area contributed by atoms with Crippen LogP contribution >= 0.6 is 11.8 Å². The molecule has 2 N–H and O–H groups in total. The van der Waals surface area contributed by atoms with Gasteiger partial charge in [-0.15, -0.1) is 0 Å². The van der Waals surface area contributed by atoms with Gasteiger partial charge in [0.15, 0.2) is 0 Å². The fourth-order valence-electron chi connectivity index (χ4n) is 1.49. The normalized spacial score (nSPS) is 14.8. The van der Waals surface area contributed by atoms with Gasteiger partial charge in [0.2, 0.25) is 0 Å². The first-order valence-electron chi connectivity index (χ1n) is 5.67. The predicted octanol–water partition coefficient (Wildman–Crippen LogP) is 3.67. The summed E-state index contributed by atoms with van der Waals surface area (Å²) >= 11 is 1.85. The summed E-state index contributed by atoms with van der Waals surface area (Å²) < 4.78 is 13.1. The van der Waals surface area contributed by atoms with Crippen molar-refractivity contribution in [2.45, 2.75) is 38.5 Å². The Balaban J connectivity index is 2.65. The van der Waals surface area contributed by atoms with Gasteiger partial charge in [0.05, 0.1) is 0 Å². The number of hydrogen-bond acceptors (Lipinski definition) is 2. The Morgan fingerprint density at radius 3 is 2.75 bits per heavy atom. The zero-order valence-corrected chi connectivity index (χ0v) is 11.0. The molecule has 0 amide bonds. The van der Waals surface area contributed by atoms with E-state index < -0.39 is 0 Å². The van der Waals surface area contributed by atoms with Crippen molar-refractivity contribution >= 4 is 11.8 Å². The molecule has 90 valence electrons. The summed E-state index contributed by atoms with van der Waals surface area (Å²) in [6.07, 6.45) is 1.14. The van der Waals surface area contributed by atoms with Crippen molar-refractivity contribution in [1.29, 1.82) is 0 Å². The molecule has 1 aromatic carbocycles. The predicted molar refractivity (Wildman–Crippen MR) is 70.3 cm³/mol. The van der Waals surface area contributed by atoms with Crippen molar-refractivity contribution in [3.8, 4) is 0 Å². The van der Waals surface area contributed by atoms with Crippen LogP contribution in [-0.4, -0.2) is 11.0 Å². The van der Waals surface area contributed by atoms with Crippen LogP contribution in [0.1, 0.15) is 37.4 Å². The minimum absolute atomic E-state index is 0.0744. The molecule has 2 unspecified atom stereocenters. The third-order valence-electron chi connectivity index (χ3n) is 2.78. The van der Waals surface area contributed by atoms with Crippen LogP contribution in [0.15, 0.2) is 18.2 Å². The molecule has 0 saturated heterocycles. The van der Waals surface area contributed by atoms with Crippen molar-refractivity contribution in [2.24, 2.45) is 5.73 Å². The highest BCUT2D eigenvalue weighted by molar-refractivity contribution is 7.99. The first kappa shape index (κ1) is 13.5. The molecule has 1 aromatic rings. The maximum atomic E-state index is 13.1. The number of rotatable bonds is 5. The van der Waals surface area contributed by atoms with Crippen LogP contribution in [-0.2, 0) is 0 Å². The van der Waals surface area contributed by atoms with Crippen molar-refractivity contribution in [3.63, 3.8) is 0 Å². The van der Waals surface area contributed by atoms with Crippen molar-refractivity contribution in [2.75, 3.05) is 5.75 Å². The molecular weight excluding hydrogens is 221 g/mol. The maximum Gasteiger partial charge on any atom is 0.123 e. The second-order valence-electron chi connectivity index (χ2n) is 4.16. The minimum atomic E-state index is -0.204. The topological polar surface area (TPSA) is 26.0 Å². The van der Waals surface area contributed by atoms with Gasteiger partial charge in [-0.1, -0.05) is 19.9 Å². The second-order valence-corrected chi connectivity index (χ2v) is 5.63. The van der Waals surface area contributed by atoms with E-state index >= 15 is 0 Å². The van der Waals surface area contributed by atoms with Crippen LogP contribution in [0.3, 0.4) is 0 Å². The van der Waals surface area contributed by atoms with Gasteiger partial charge in [0.1, 0.15) is 5.82 Å². The van der Waals surface area contributed by atoms with E-state index in [1.807, 2.05) is 18.7 Å². The number of halogens is 1. The summed E-state index contributed by atoms with van der Waals surface area (Å²) in [5.41, 5.74) is 8.08. The highest BCUT2D eigenvalue weighted by Crippen LogP contribution is 2.23. The van der Waals surface area contributed by atoms with E-state index in [9.17, 15) is 4.39 Å². The van der Waals surface area contributed by atoms with Gasteiger partial charge in [-0.2, -0.15) is 11.8 Å². The molecule has 0 fully saturated rings. The SMILES string of the molecule is CCC(C)SCC(N)c1cc(F)ccc1C. The molecule has 0 saturated carbocycles. The highest BCUT2D eigenvalue weighted by atomic mass is 32.2. The van der Waals surface area contributed by atoms with Gasteiger partial charge < -0.3 is 5.73 Å². The Kier molecular flexibility index (Phi) is 5.29. The standard InChI is InChI=1S/C13H20FNS/c1-4-10(3)16-8-13(15)12-7-11(14)6-5-9(12)2/h5-7,10,13H,4,8,15H2,1-3H3. The summed E-state index contributed by atoms with van der Waals surface area (Å²) in [5, 5.41) is 0.611. The molecule has 0 aliphatic heterocycles. The van der Waals surface area contributed by atoms with Gasteiger partial charge >= 0.3 is 0 Å². The lowest BCUT2D eigenvalue weighted by Crippen LogP contribution is -2.16. The second kappa shape index (κ2) is 6.26. The molecule has 0 heterocycles. The highest BCUT2D eigenvalue weighted by Gasteiger charge is 2.11. The number of aryl methyl sites for hydroxylation is 1. The minimum Gasteiger partial charge on any atom is -0.323 e. The molecular formula is C13H20FNS. The maximum absolute atomic E-state index is 13.1. The first-order valence-corrected chi connectivity index (χ1v) is 6.72. The van der Waals surface area contributed by atoms with Crippen LogP contribution in [0, 0.1) is 12.7 Å². The van der Waals surface area contributed by atoms with E-state index in [0.29, 0.717) is 5.25 Å². The molecule has 1 nitrogen and oxygen atoms in total. The summed E-state index contributed by atoms with van der Waals surface area (Å²) in [7, 11) is 0.